The second-order valence-electron chi connectivity index (χ2n) is 9.09. The fraction of sp³-hybridized carbons (Fsp3) is 0.417. The van der Waals surface area contributed by atoms with E-state index in [0.29, 0.717) is 11.5 Å². The molecule has 3 heterocycles. The molecule has 2 aromatic heterocycles. The van der Waals surface area contributed by atoms with Crippen LogP contribution in [-0.4, -0.2) is 34.3 Å². The van der Waals surface area contributed by atoms with Crippen LogP contribution in [0.25, 0.3) is 10.9 Å². The van der Waals surface area contributed by atoms with Crippen LogP contribution in [0.1, 0.15) is 37.4 Å². The number of para-hydroxylation sites is 1. The van der Waals surface area contributed by atoms with Gasteiger partial charge in [0.1, 0.15) is 5.75 Å². The molecule has 3 aromatic rings. The van der Waals surface area contributed by atoms with Crippen molar-refractivity contribution < 1.29 is 9.84 Å². The van der Waals surface area contributed by atoms with E-state index in [0.717, 1.165) is 55.6 Å². The molecule has 1 spiro atoms. The minimum Gasteiger partial charge on any atom is -0.490 e. The molecule has 2 aliphatic carbocycles. The lowest BCUT2D eigenvalue weighted by atomic mass is 9.55. The first-order valence-electron chi connectivity index (χ1n) is 10.6. The van der Waals surface area contributed by atoms with Crippen LogP contribution < -0.4 is 9.64 Å². The minimum atomic E-state index is -0.487. The minimum absolute atomic E-state index is 0.289. The van der Waals surface area contributed by atoms with E-state index in [-0.39, 0.29) is 5.92 Å². The fourth-order valence-electron chi connectivity index (χ4n) is 5.06. The quantitative estimate of drug-likeness (QED) is 0.714. The van der Waals surface area contributed by atoms with E-state index in [1.807, 2.05) is 24.4 Å². The van der Waals surface area contributed by atoms with Gasteiger partial charge in [0, 0.05) is 41.8 Å². The first-order chi connectivity index (χ1) is 14.2. The summed E-state index contributed by atoms with van der Waals surface area (Å²) in [7, 11) is 0. The van der Waals surface area contributed by atoms with Crippen molar-refractivity contribution in [3.63, 3.8) is 0 Å². The molecular weight excluding hydrogens is 362 g/mol. The number of hydrogen-bond donors (Lipinski definition) is 1. The van der Waals surface area contributed by atoms with Gasteiger partial charge in [-0.05, 0) is 49.8 Å². The van der Waals surface area contributed by atoms with Crippen LogP contribution in [0.2, 0.25) is 0 Å². The zero-order valence-electron chi connectivity index (χ0n) is 16.4. The molecule has 29 heavy (non-hydrogen) atoms. The third-order valence-electron chi connectivity index (χ3n) is 6.78. The van der Waals surface area contributed by atoms with Crippen molar-refractivity contribution in [2.24, 2.45) is 11.3 Å². The summed E-state index contributed by atoms with van der Waals surface area (Å²) in [4.78, 5) is 11.2. The summed E-state index contributed by atoms with van der Waals surface area (Å²) in [6.07, 6.45) is 9.70. The lowest BCUT2D eigenvalue weighted by Crippen LogP contribution is -2.63. The van der Waals surface area contributed by atoms with Gasteiger partial charge in [-0.1, -0.05) is 18.2 Å². The summed E-state index contributed by atoms with van der Waals surface area (Å²) in [6.45, 7) is 2.10. The van der Waals surface area contributed by atoms with Gasteiger partial charge in [0.2, 0.25) is 0 Å². The van der Waals surface area contributed by atoms with E-state index in [1.165, 1.54) is 11.1 Å². The van der Waals surface area contributed by atoms with Gasteiger partial charge >= 0.3 is 0 Å². The summed E-state index contributed by atoms with van der Waals surface area (Å²) in [5, 5.41) is 12.2. The van der Waals surface area contributed by atoms with Gasteiger partial charge in [0.15, 0.2) is 0 Å². The molecule has 1 unspecified atom stereocenters. The molecule has 1 atom stereocenters. The van der Waals surface area contributed by atoms with Crippen molar-refractivity contribution in [1.82, 2.24) is 9.97 Å². The SMILES string of the molecule is OC(c1cnccc1OC1CC1)C1CC2(C1)CN(c1cnc3ccccc3c1)C2. The van der Waals surface area contributed by atoms with Crippen LogP contribution in [0.5, 0.6) is 5.75 Å². The maximum Gasteiger partial charge on any atom is 0.128 e. The molecule has 1 saturated heterocycles. The van der Waals surface area contributed by atoms with Gasteiger partial charge in [-0.15, -0.1) is 0 Å². The van der Waals surface area contributed by atoms with E-state index in [1.54, 1.807) is 12.4 Å². The lowest BCUT2D eigenvalue weighted by molar-refractivity contribution is -0.0518. The number of aromatic nitrogens is 2. The maximum absolute atomic E-state index is 11.0. The molecule has 0 radical (unpaired) electrons. The number of aliphatic hydroxyl groups is 1. The predicted octanol–water partition coefficient (Wildman–Crippen LogP) is 4.12. The average molecular weight is 387 g/mol. The van der Waals surface area contributed by atoms with Gasteiger partial charge in [0.05, 0.1) is 29.6 Å². The number of benzene rings is 1. The Morgan fingerprint density at radius 3 is 2.76 bits per heavy atom. The van der Waals surface area contributed by atoms with E-state index in [9.17, 15) is 5.11 Å². The van der Waals surface area contributed by atoms with E-state index in [2.05, 4.69) is 33.1 Å². The van der Waals surface area contributed by atoms with Crippen LogP contribution in [0.3, 0.4) is 0 Å². The van der Waals surface area contributed by atoms with Gasteiger partial charge < -0.3 is 14.7 Å². The molecule has 0 bridgehead atoms. The highest BCUT2D eigenvalue weighted by Crippen LogP contribution is 2.57. The topological polar surface area (TPSA) is 58.5 Å². The van der Waals surface area contributed by atoms with E-state index >= 15 is 0 Å². The van der Waals surface area contributed by atoms with E-state index in [4.69, 9.17) is 4.74 Å². The molecule has 3 fully saturated rings. The third kappa shape index (κ3) is 3.04. The van der Waals surface area contributed by atoms with Crippen molar-refractivity contribution in [1.29, 1.82) is 0 Å². The standard InChI is InChI=1S/C24H25N3O2/c28-23(20-13-25-8-7-22(20)29-19-5-6-19)17-10-24(11-17)14-27(15-24)18-9-16-3-1-2-4-21(16)26-12-18/h1-4,7-9,12-13,17,19,23,28H,5-6,10-11,14-15H2. The number of ether oxygens (including phenoxy) is 1. The Kier molecular flexibility index (Phi) is 3.81. The normalized spacial score (nSPS) is 21.6. The molecule has 2 saturated carbocycles. The lowest BCUT2D eigenvalue weighted by Gasteiger charge is -2.60. The van der Waals surface area contributed by atoms with Crippen LogP contribution in [0.4, 0.5) is 5.69 Å². The highest BCUT2D eigenvalue weighted by atomic mass is 16.5. The van der Waals surface area contributed by atoms with Gasteiger partial charge in [-0.25, -0.2) is 0 Å². The molecule has 1 aliphatic heterocycles. The number of nitrogens with zero attached hydrogens (tertiary/aromatic N) is 3. The van der Waals surface area contributed by atoms with Crippen LogP contribution in [0, 0.1) is 11.3 Å². The summed E-state index contributed by atoms with van der Waals surface area (Å²) >= 11 is 0. The van der Waals surface area contributed by atoms with Gasteiger partial charge in [-0.2, -0.15) is 0 Å². The number of anilines is 1. The summed E-state index contributed by atoms with van der Waals surface area (Å²) in [5.41, 5.74) is 3.44. The number of fused-ring (bicyclic) bond motifs is 1. The zero-order chi connectivity index (χ0) is 19.4. The van der Waals surface area contributed by atoms with Crippen molar-refractivity contribution in [3.05, 3.63) is 60.6 Å². The number of hydrogen-bond acceptors (Lipinski definition) is 5. The van der Waals surface area contributed by atoms with Crippen molar-refractivity contribution in [2.75, 3.05) is 18.0 Å². The van der Waals surface area contributed by atoms with Crippen LogP contribution >= 0.6 is 0 Å². The number of aliphatic hydroxyl groups excluding tert-OH is 1. The first kappa shape index (κ1) is 17.2. The van der Waals surface area contributed by atoms with Gasteiger partial charge in [-0.3, -0.25) is 9.97 Å². The maximum atomic E-state index is 11.0. The molecular formula is C24H25N3O2. The Bertz CT molecular complexity index is 1050. The fourth-order valence-corrected chi connectivity index (χ4v) is 5.06. The number of pyridine rings is 2. The Labute approximate surface area is 170 Å². The van der Waals surface area contributed by atoms with Crippen molar-refractivity contribution in [3.8, 4) is 5.75 Å². The molecule has 1 N–H and O–H groups in total. The molecule has 6 rings (SSSR count). The van der Waals surface area contributed by atoms with Crippen molar-refractivity contribution >= 4 is 16.6 Å². The summed E-state index contributed by atoms with van der Waals surface area (Å²) < 4.78 is 5.98. The van der Waals surface area contributed by atoms with Crippen LogP contribution in [-0.2, 0) is 0 Å². The highest BCUT2D eigenvalue weighted by molar-refractivity contribution is 5.81. The Hall–Kier alpha value is -2.66. The molecule has 148 valence electrons. The zero-order valence-corrected chi connectivity index (χ0v) is 16.4. The molecule has 5 nitrogen and oxygen atoms in total. The first-order valence-corrected chi connectivity index (χ1v) is 10.6. The van der Waals surface area contributed by atoms with Crippen molar-refractivity contribution in [2.45, 2.75) is 37.9 Å². The number of rotatable bonds is 5. The molecule has 5 heteroatoms. The molecule has 3 aliphatic rings. The summed E-state index contributed by atoms with van der Waals surface area (Å²) in [6, 6.07) is 12.4. The summed E-state index contributed by atoms with van der Waals surface area (Å²) in [5.74, 6) is 1.10. The highest BCUT2D eigenvalue weighted by Gasteiger charge is 2.54. The smallest absolute Gasteiger partial charge is 0.128 e. The van der Waals surface area contributed by atoms with Crippen LogP contribution in [0.15, 0.2) is 55.0 Å². The predicted molar refractivity (Wildman–Crippen MR) is 112 cm³/mol. The largest absolute Gasteiger partial charge is 0.490 e. The Morgan fingerprint density at radius 2 is 1.93 bits per heavy atom. The monoisotopic (exact) mass is 387 g/mol. The average Bonchev–Trinajstić information content (AvgIpc) is 3.50. The molecule has 1 aromatic carbocycles. The second-order valence-corrected chi connectivity index (χ2v) is 9.09. The Balaban J connectivity index is 1.11. The van der Waals surface area contributed by atoms with Gasteiger partial charge in [0.25, 0.3) is 0 Å². The second kappa shape index (κ2) is 6.42. The molecule has 0 amide bonds. The van der Waals surface area contributed by atoms with E-state index < -0.39 is 6.10 Å². The third-order valence-corrected chi connectivity index (χ3v) is 6.78. The Morgan fingerprint density at radius 1 is 1.10 bits per heavy atom.